The monoisotopic (exact) mass is 403 g/mol. The summed E-state index contributed by atoms with van der Waals surface area (Å²) in [5, 5.41) is 20.7. The largest absolute Gasteiger partial charge is 0.481 e. The molecule has 0 radical (unpaired) electrons. The van der Waals surface area contributed by atoms with Crippen molar-refractivity contribution in [2.45, 2.75) is 51.7 Å². The van der Waals surface area contributed by atoms with Gasteiger partial charge < -0.3 is 24.7 Å². The maximum absolute atomic E-state index is 12.4. The minimum absolute atomic E-state index is 0.356. The van der Waals surface area contributed by atoms with Crippen LogP contribution in [0.4, 0.5) is 0 Å². The summed E-state index contributed by atoms with van der Waals surface area (Å²) in [6.45, 7) is 3.22. The van der Waals surface area contributed by atoms with Gasteiger partial charge in [-0.25, -0.2) is 9.59 Å². The Morgan fingerprint density at radius 3 is 2.55 bits per heavy atom. The van der Waals surface area contributed by atoms with Gasteiger partial charge in [0, 0.05) is 5.56 Å². The molecule has 2 atom stereocenters. The van der Waals surface area contributed by atoms with E-state index in [1.807, 2.05) is 0 Å². The van der Waals surface area contributed by atoms with E-state index in [-0.39, 0.29) is 5.63 Å². The number of amides is 1. The molecular formula is C20H21NO8. The molecule has 0 saturated heterocycles. The molecule has 3 N–H and O–H groups in total. The Kier molecular flexibility index (Phi) is 5.58. The zero-order valence-corrected chi connectivity index (χ0v) is 16.0. The molecule has 1 aromatic heterocycles. The van der Waals surface area contributed by atoms with Crippen molar-refractivity contribution in [3.63, 3.8) is 0 Å². The van der Waals surface area contributed by atoms with E-state index in [4.69, 9.17) is 19.4 Å². The van der Waals surface area contributed by atoms with Gasteiger partial charge in [-0.3, -0.25) is 9.59 Å². The number of hydrogen-bond donors (Lipinski definition) is 3. The van der Waals surface area contributed by atoms with Crippen LogP contribution in [-0.4, -0.2) is 40.2 Å². The zero-order valence-electron chi connectivity index (χ0n) is 16.0. The van der Waals surface area contributed by atoms with Gasteiger partial charge in [0.25, 0.3) is 5.91 Å². The lowest BCUT2D eigenvalue weighted by molar-refractivity contribution is -0.147. The molecule has 1 amide bonds. The standard InChI is InChI=1S/C20H21NO8/c1-9-6-14(17-11-4-3-5-12(11)20(27)29-15(17)7-9)28-10(2)18(24)21-13(19(25)26)8-16(22)23/h6-7,10,13H,3-5,8H2,1-2H3,(H,21,24)(H,22,23)(H,25,26)/t10-,13-/m0/s1. The summed E-state index contributed by atoms with van der Waals surface area (Å²) in [6.07, 6.45) is 0.279. The van der Waals surface area contributed by atoms with Gasteiger partial charge in [-0.2, -0.15) is 0 Å². The fourth-order valence-electron chi connectivity index (χ4n) is 3.51. The molecule has 9 heteroatoms. The smallest absolute Gasteiger partial charge is 0.339 e. The van der Waals surface area contributed by atoms with Crippen LogP contribution in [0.3, 0.4) is 0 Å². The summed E-state index contributed by atoms with van der Waals surface area (Å²) in [5.41, 5.74) is 2.21. The van der Waals surface area contributed by atoms with Crippen LogP contribution in [0.15, 0.2) is 21.3 Å². The van der Waals surface area contributed by atoms with Gasteiger partial charge in [0.05, 0.1) is 11.8 Å². The predicted molar refractivity (Wildman–Crippen MR) is 101 cm³/mol. The highest BCUT2D eigenvalue weighted by atomic mass is 16.5. The summed E-state index contributed by atoms with van der Waals surface area (Å²) < 4.78 is 11.2. The van der Waals surface area contributed by atoms with E-state index in [9.17, 15) is 19.2 Å². The van der Waals surface area contributed by atoms with Crippen molar-refractivity contribution < 1.29 is 33.8 Å². The Balaban J connectivity index is 1.90. The van der Waals surface area contributed by atoms with Crippen molar-refractivity contribution in [2.24, 2.45) is 0 Å². The van der Waals surface area contributed by atoms with Crippen LogP contribution >= 0.6 is 0 Å². The molecule has 0 fully saturated rings. The Morgan fingerprint density at radius 2 is 1.90 bits per heavy atom. The lowest BCUT2D eigenvalue weighted by Gasteiger charge is -2.19. The number of carboxylic acids is 2. The second kappa shape index (κ2) is 7.94. The number of aryl methyl sites for hydroxylation is 2. The first kappa shape index (κ1) is 20.4. The molecule has 0 saturated carbocycles. The number of benzene rings is 1. The molecule has 1 aliphatic rings. The first-order valence-corrected chi connectivity index (χ1v) is 9.18. The average Bonchev–Trinajstić information content (AvgIpc) is 3.10. The molecule has 0 bridgehead atoms. The third kappa shape index (κ3) is 4.23. The van der Waals surface area contributed by atoms with Crippen LogP contribution in [-0.2, 0) is 27.2 Å². The number of hydrogen-bond acceptors (Lipinski definition) is 6. The number of nitrogens with one attached hydrogen (secondary N) is 1. The lowest BCUT2D eigenvalue weighted by atomic mass is 10.0. The lowest BCUT2D eigenvalue weighted by Crippen LogP contribution is -2.47. The highest BCUT2D eigenvalue weighted by Gasteiger charge is 2.28. The first-order valence-electron chi connectivity index (χ1n) is 9.18. The maximum Gasteiger partial charge on any atom is 0.339 e. The molecule has 0 aliphatic heterocycles. The molecule has 2 aromatic rings. The Hall–Kier alpha value is -3.36. The van der Waals surface area contributed by atoms with Crippen LogP contribution in [0.25, 0.3) is 11.0 Å². The fraction of sp³-hybridized carbons (Fsp3) is 0.400. The van der Waals surface area contributed by atoms with Crippen molar-refractivity contribution in [1.29, 1.82) is 0 Å². The van der Waals surface area contributed by atoms with E-state index in [1.165, 1.54) is 6.92 Å². The molecule has 1 heterocycles. The number of rotatable bonds is 7. The number of aliphatic carboxylic acids is 2. The van der Waals surface area contributed by atoms with E-state index in [1.54, 1.807) is 19.1 Å². The van der Waals surface area contributed by atoms with Crippen molar-refractivity contribution in [3.8, 4) is 5.75 Å². The normalized spacial score (nSPS) is 14.8. The van der Waals surface area contributed by atoms with Gasteiger partial charge in [-0.1, -0.05) is 0 Å². The van der Waals surface area contributed by atoms with Crippen molar-refractivity contribution >= 4 is 28.8 Å². The first-order chi connectivity index (χ1) is 13.7. The number of ether oxygens (including phenoxy) is 1. The molecular weight excluding hydrogens is 382 g/mol. The average molecular weight is 403 g/mol. The van der Waals surface area contributed by atoms with Gasteiger partial charge in [0.1, 0.15) is 17.4 Å². The second-order valence-corrected chi connectivity index (χ2v) is 7.09. The fourth-order valence-corrected chi connectivity index (χ4v) is 3.51. The number of fused-ring (bicyclic) bond motifs is 3. The van der Waals surface area contributed by atoms with E-state index < -0.39 is 36.4 Å². The van der Waals surface area contributed by atoms with Crippen molar-refractivity contribution in [3.05, 3.63) is 39.2 Å². The zero-order chi connectivity index (χ0) is 21.3. The van der Waals surface area contributed by atoms with Gasteiger partial charge in [0.15, 0.2) is 6.10 Å². The quantitative estimate of drug-likeness (QED) is 0.589. The second-order valence-electron chi connectivity index (χ2n) is 7.09. The van der Waals surface area contributed by atoms with Gasteiger partial charge >= 0.3 is 17.6 Å². The summed E-state index contributed by atoms with van der Waals surface area (Å²) in [6, 6.07) is 1.87. The minimum Gasteiger partial charge on any atom is -0.481 e. The summed E-state index contributed by atoms with van der Waals surface area (Å²) in [5.74, 6) is -3.20. The Labute approximate surface area is 165 Å². The summed E-state index contributed by atoms with van der Waals surface area (Å²) >= 11 is 0. The van der Waals surface area contributed by atoms with E-state index in [2.05, 4.69) is 5.32 Å². The van der Waals surface area contributed by atoms with E-state index >= 15 is 0 Å². The Bertz CT molecular complexity index is 1050. The summed E-state index contributed by atoms with van der Waals surface area (Å²) in [7, 11) is 0. The van der Waals surface area contributed by atoms with Crippen LogP contribution in [0.5, 0.6) is 5.75 Å². The maximum atomic E-state index is 12.4. The van der Waals surface area contributed by atoms with Crippen LogP contribution in [0, 0.1) is 6.92 Å². The van der Waals surface area contributed by atoms with Crippen molar-refractivity contribution in [2.75, 3.05) is 0 Å². The summed E-state index contributed by atoms with van der Waals surface area (Å²) in [4.78, 5) is 46.5. The van der Waals surface area contributed by atoms with Gasteiger partial charge in [-0.05, 0) is 56.4 Å². The molecule has 1 aromatic carbocycles. The molecule has 1 aliphatic carbocycles. The molecule has 154 valence electrons. The van der Waals surface area contributed by atoms with Crippen LogP contribution < -0.4 is 15.7 Å². The van der Waals surface area contributed by atoms with E-state index in [0.717, 1.165) is 17.5 Å². The highest BCUT2D eigenvalue weighted by Crippen LogP contribution is 2.35. The Morgan fingerprint density at radius 1 is 1.21 bits per heavy atom. The SMILES string of the molecule is Cc1cc(O[C@@H](C)C(=O)N[C@@H](CC(=O)O)C(=O)O)c2c3c(c(=O)oc2c1)CCC3. The topological polar surface area (TPSA) is 143 Å². The van der Waals surface area contributed by atoms with Crippen LogP contribution in [0.2, 0.25) is 0 Å². The van der Waals surface area contributed by atoms with E-state index in [0.29, 0.717) is 35.1 Å². The molecule has 3 rings (SSSR count). The molecule has 0 spiro atoms. The predicted octanol–water partition coefficient (Wildman–Crippen LogP) is 1.40. The van der Waals surface area contributed by atoms with Gasteiger partial charge in [0.2, 0.25) is 0 Å². The molecule has 9 nitrogen and oxygen atoms in total. The third-order valence-electron chi connectivity index (χ3n) is 4.85. The number of carbonyl (C=O) groups excluding carboxylic acids is 1. The van der Waals surface area contributed by atoms with Gasteiger partial charge in [-0.15, -0.1) is 0 Å². The minimum atomic E-state index is -1.57. The number of carboxylic acid groups (broad SMARTS) is 2. The number of carbonyl (C=O) groups is 3. The van der Waals surface area contributed by atoms with Crippen LogP contribution in [0.1, 0.15) is 36.5 Å². The molecule has 29 heavy (non-hydrogen) atoms. The molecule has 0 unspecified atom stereocenters. The van der Waals surface area contributed by atoms with Crippen molar-refractivity contribution in [1.82, 2.24) is 5.32 Å². The highest BCUT2D eigenvalue weighted by molar-refractivity contribution is 5.91. The third-order valence-corrected chi connectivity index (χ3v) is 4.85.